The van der Waals surface area contributed by atoms with Crippen molar-refractivity contribution in [2.75, 3.05) is 39.6 Å². The maximum atomic E-state index is 11.6. The normalized spacial score (nSPS) is 16.5. The predicted octanol–water partition coefficient (Wildman–Crippen LogP) is -1.56. The quantitative estimate of drug-likeness (QED) is 0.208. The van der Waals surface area contributed by atoms with Crippen molar-refractivity contribution in [1.82, 2.24) is 0 Å². The molecule has 0 saturated heterocycles. The minimum atomic E-state index is -1.57. The summed E-state index contributed by atoms with van der Waals surface area (Å²) >= 11 is 0. The van der Waals surface area contributed by atoms with E-state index in [0.717, 1.165) is 0 Å². The highest BCUT2D eigenvalue weighted by molar-refractivity contribution is 5.86. The third-order valence-electron chi connectivity index (χ3n) is 5.46. The van der Waals surface area contributed by atoms with Crippen LogP contribution in [0.4, 0.5) is 0 Å². The molecule has 0 bridgehead atoms. The van der Waals surface area contributed by atoms with Crippen molar-refractivity contribution >= 4 is 5.97 Å². The molecular formula is C16H30O8. The summed E-state index contributed by atoms with van der Waals surface area (Å²) in [6.45, 7) is 2.77. The topological polar surface area (TPSA) is 159 Å². The molecule has 0 amide bonds. The van der Waals surface area contributed by atoms with Crippen molar-refractivity contribution in [3.63, 3.8) is 0 Å². The molecule has 0 saturated carbocycles. The van der Waals surface area contributed by atoms with Gasteiger partial charge in [-0.05, 0) is 11.8 Å². The van der Waals surface area contributed by atoms with Gasteiger partial charge in [0.25, 0.3) is 0 Å². The number of carboxylic acid groups (broad SMARTS) is 1. The highest BCUT2D eigenvalue weighted by Gasteiger charge is 2.56. The monoisotopic (exact) mass is 350 g/mol. The number of rotatable bonds is 12. The number of carboxylic acids is 1. The first-order valence-corrected chi connectivity index (χ1v) is 7.76. The van der Waals surface area contributed by atoms with Crippen LogP contribution in [0.3, 0.4) is 0 Å². The summed E-state index contributed by atoms with van der Waals surface area (Å²) in [5.41, 5.74) is -3.57. The van der Waals surface area contributed by atoms with Crippen LogP contribution in [-0.4, -0.2) is 81.4 Å². The van der Waals surface area contributed by atoms with E-state index in [-0.39, 0.29) is 0 Å². The maximum Gasteiger partial charge on any atom is 0.331 e. The van der Waals surface area contributed by atoms with Crippen molar-refractivity contribution in [2.24, 2.45) is 28.6 Å². The molecule has 0 rings (SSSR count). The Balaban J connectivity index is 6.65. The van der Waals surface area contributed by atoms with Gasteiger partial charge in [0.2, 0.25) is 0 Å². The fourth-order valence-electron chi connectivity index (χ4n) is 3.41. The van der Waals surface area contributed by atoms with Crippen LogP contribution in [0.1, 0.15) is 13.8 Å². The van der Waals surface area contributed by atoms with Crippen molar-refractivity contribution in [3.8, 4) is 0 Å². The molecule has 0 radical (unpaired) electrons. The zero-order valence-corrected chi connectivity index (χ0v) is 14.2. The molecule has 0 aliphatic heterocycles. The fourth-order valence-corrected chi connectivity index (χ4v) is 3.41. The number of hydrogen-bond acceptors (Lipinski definition) is 7. The Morgan fingerprint density at radius 2 is 1.12 bits per heavy atom. The Bertz CT molecular complexity index is 388. The number of aliphatic hydroxyl groups is 6. The lowest BCUT2D eigenvalue weighted by molar-refractivity contribution is -0.151. The van der Waals surface area contributed by atoms with E-state index in [4.69, 9.17) is 0 Å². The van der Waals surface area contributed by atoms with Crippen LogP contribution in [0.15, 0.2) is 12.2 Å². The largest absolute Gasteiger partial charge is 0.478 e. The van der Waals surface area contributed by atoms with Gasteiger partial charge in [-0.15, -0.1) is 0 Å². The molecule has 2 atom stereocenters. The van der Waals surface area contributed by atoms with Crippen LogP contribution in [0.25, 0.3) is 0 Å². The number of carbonyl (C=O) groups is 1. The van der Waals surface area contributed by atoms with Crippen LogP contribution in [0.5, 0.6) is 0 Å². The highest BCUT2D eigenvalue weighted by atomic mass is 16.4. The Morgan fingerprint density at radius 3 is 1.29 bits per heavy atom. The van der Waals surface area contributed by atoms with E-state index < -0.39 is 79.8 Å². The van der Waals surface area contributed by atoms with Crippen LogP contribution in [-0.2, 0) is 4.79 Å². The van der Waals surface area contributed by atoms with E-state index in [9.17, 15) is 40.5 Å². The van der Waals surface area contributed by atoms with Gasteiger partial charge in [-0.3, -0.25) is 0 Å². The first-order chi connectivity index (χ1) is 11.2. The highest BCUT2D eigenvalue weighted by Crippen LogP contribution is 2.51. The Morgan fingerprint density at radius 1 is 0.833 bits per heavy atom. The molecular weight excluding hydrogens is 320 g/mol. The lowest BCUT2D eigenvalue weighted by Crippen LogP contribution is -2.58. The second-order valence-electron chi connectivity index (χ2n) is 6.53. The number of aliphatic hydroxyl groups excluding tert-OH is 6. The first-order valence-electron chi connectivity index (χ1n) is 7.76. The number of hydrogen-bond donors (Lipinski definition) is 7. The molecule has 0 spiro atoms. The first kappa shape index (κ1) is 23.0. The molecule has 0 aliphatic carbocycles. The van der Waals surface area contributed by atoms with Crippen molar-refractivity contribution in [1.29, 1.82) is 0 Å². The lowest BCUT2D eigenvalue weighted by atomic mass is 9.52. The third-order valence-corrected chi connectivity index (χ3v) is 5.46. The molecule has 0 aliphatic rings. The fraction of sp³-hybridized carbons (Fsp3) is 0.812. The molecule has 0 aromatic rings. The van der Waals surface area contributed by atoms with Gasteiger partial charge in [0.1, 0.15) is 0 Å². The summed E-state index contributed by atoms with van der Waals surface area (Å²) in [7, 11) is 0. The second kappa shape index (κ2) is 9.45. The zero-order valence-electron chi connectivity index (χ0n) is 14.2. The van der Waals surface area contributed by atoms with E-state index in [2.05, 4.69) is 6.58 Å². The van der Waals surface area contributed by atoms with Gasteiger partial charge in [-0.2, -0.15) is 0 Å². The van der Waals surface area contributed by atoms with Crippen LogP contribution < -0.4 is 0 Å². The standard InChI is InChI=1S/C16H30O8/c1-10(4-17)15(6-19,7-20)13(12(3)14(23)24)16(8-21,9-22)11(2)5-18/h10-11,13,17-22H,3-9H2,1-2H3,(H,23,24). The molecule has 7 N–H and O–H groups in total. The van der Waals surface area contributed by atoms with Crippen molar-refractivity contribution < 1.29 is 40.5 Å². The van der Waals surface area contributed by atoms with Crippen LogP contribution >= 0.6 is 0 Å². The minimum absolute atomic E-state index is 0.429. The maximum absolute atomic E-state index is 11.6. The summed E-state index contributed by atoms with van der Waals surface area (Å²) in [5, 5.41) is 68.3. The van der Waals surface area contributed by atoms with E-state index in [0.29, 0.717) is 0 Å². The Kier molecular flexibility index (Phi) is 9.05. The van der Waals surface area contributed by atoms with Gasteiger partial charge < -0.3 is 35.7 Å². The average Bonchev–Trinajstić information content (AvgIpc) is 2.60. The molecule has 8 heteroatoms. The summed E-state index contributed by atoms with van der Waals surface area (Å²) < 4.78 is 0. The van der Waals surface area contributed by atoms with Crippen LogP contribution in [0, 0.1) is 28.6 Å². The van der Waals surface area contributed by atoms with E-state index in [1.165, 1.54) is 13.8 Å². The molecule has 0 heterocycles. The van der Waals surface area contributed by atoms with Crippen molar-refractivity contribution in [2.45, 2.75) is 13.8 Å². The van der Waals surface area contributed by atoms with E-state index in [1.54, 1.807) is 0 Å². The SMILES string of the molecule is C=C(C(=O)O)C(C(CO)(CO)C(C)CO)C(CO)(CO)C(C)CO. The lowest BCUT2D eigenvalue weighted by Gasteiger charge is -2.52. The smallest absolute Gasteiger partial charge is 0.331 e. The van der Waals surface area contributed by atoms with E-state index in [1.807, 2.05) is 0 Å². The molecule has 0 aromatic heterocycles. The summed E-state index contributed by atoms with van der Waals surface area (Å²) in [5.74, 6) is -4.25. The molecule has 0 fully saturated rings. The molecule has 142 valence electrons. The minimum Gasteiger partial charge on any atom is -0.478 e. The van der Waals surface area contributed by atoms with Gasteiger partial charge in [0.15, 0.2) is 0 Å². The zero-order chi connectivity index (χ0) is 19.1. The Labute approximate surface area is 141 Å². The third kappa shape index (κ3) is 3.79. The summed E-state index contributed by atoms with van der Waals surface area (Å²) in [4.78, 5) is 11.6. The number of aliphatic carboxylic acids is 1. The van der Waals surface area contributed by atoms with Gasteiger partial charge in [0, 0.05) is 35.5 Å². The van der Waals surface area contributed by atoms with Gasteiger partial charge >= 0.3 is 5.97 Å². The average molecular weight is 350 g/mol. The predicted molar refractivity (Wildman–Crippen MR) is 86.0 cm³/mol. The molecule has 8 nitrogen and oxygen atoms in total. The Hall–Kier alpha value is -1.03. The van der Waals surface area contributed by atoms with Gasteiger partial charge in [-0.25, -0.2) is 4.79 Å². The van der Waals surface area contributed by atoms with Gasteiger partial charge in [-0.1, -0.05) is 20.4 Å². The summed E-state index contributed by atoms with van der Waals surface area (Å²) in [6, 6.07) is 0. The van der Waals surface area contributed by atoms with Gasteiger partial charge in [0.05, 0.1) is 26.4 Å². The van der Waals surface area contributed by atoms with Crippen molar-refractivity contribution in [3.05, 3.63) is 12.2 Å². The van der Waals surface area contributed by atoms with Crippen LogP contribution in [0.2, 0.25) is 0 Å². The summed E-state index contributed by atoms with van der Waals surface area (Å²) in [6.07, 6.45) is 0. The second-order valence-corrected chi connectivity index (χ2v) is 6.53. The molecule has 24 heavy (non-hydrogen) atoms. The molecule has 0 aromatic carbocycles. The molecule has 2 unspecified atom stereocenters. The van der Waals surface area contributed by atoms with E-state index >= 15 is 0 Å².